The molecule has 0 saturated carbocycles. The smallest absolute Gasteiger partial charge is 0.343 e. The first kappa shape index (κ1) is 29.7. The maximum atomic E-state index is 13.8. The van der Waals surface area contributed by atoms with Gasteiger partial charge in [-0.3, -0.25) is 19.2 Å². The number of allylic oxidation sites excluding steroid dienone is 2. The zero-order valence-corrected chi connectivity index (χ0v) is 25.2. The number of rotatable bonds is 7. The minimum absolute atomic E-state index is 0.00781. The molecule has 8 nitrogen and oxygen atoms in total. The molecule has 1 heterocycles. The van der Waals surface area contributed by atoms with Gasteiger partial charge in [0.15, 0.2) is 5.78 Å². The Labute approximate surface area is 259 Å². The number of hydrogen-bond acceptors (Lipinski definition) is 6. The molecule has 2 aliphatic rings. The molecule has 11 heteroatoms. The van der Waals surface area contributed by atoms with Gasteiger partial charge in [0.05, 0.1) is 28.0 Å². The molecule has 0 bridgehead atoms. The summed E-state index contributed by atoms with van der Waals surface area (Å²) < 4.78 is 6.20. The lowest BCUT2D eigenvalue weighted by Gasteiger charge is -2.30. The van der Waals surface area contributed by atoms with E-state index in [4.69, 9.17) is 27.9 Å². The van der Waals surface area contributed by atoms with Crippen LogP contribution in [0.25, 0.3) is 0 Å². The number of ether oxygens (including phenoxy) is 1. The van der Waals surface area contributed by atoms with Crippen LogP contribution in [0.5, 0.6) is 5.75 Å². The van der Waals surface area contributed by atoms with Gasteiger partial charge in [-0.05, 0) is 79.1 Å². The van der Waals surface area contributed by atoms with Crippen molar-refractivity contribution in [2.24, 2.45) is 17.8 Å². The molecule has 0 radical (unpaired) electrons. The Morgan fingerprint density at radius 3 is 2.26 bits per heavy atom. The van der Waals surface area contributed by atoms with Crippen molar-refractivity contribution in [2.45, 2.75) is 13.3 Å². The highest BCUT2D eigenvalue weighted by Gasteiger charge is 2.53. The van der Waals surface area contributed by atoms with E-state index < -0.39 is 47.9 Å². The predicted molar refractivity (Wildman–Crippen MR) is 159 cm³/mol. The number of ketones is 1. The molecule has 1 saturated heterocycles. The highest BCUT2D eigenvalue weighted by molar-refractivity contribution is 9.10. The van der Waals surface area contributed by atoms with Crippen molar-refractivity contribution >= 4 is 68.6 Å². The van der Waals surface area contributed by atoms with Gasteiger partial charge in [-0.25, -0.2) is 9.80 Å². The van der Waals surface area contributed by atoms with Crippen molar-refractivity contribution in [1.82, 2.24) is 10.0 Å². The lowest BCUT2D eigenvalue weighted by molar-refractivity contribution is -0.154. The maximum absolute atomic E-state index is 13.8. The minimum Gasteiger partial charge on any atom is -0.423 e. The van der Waals surface area contributed by atoms with Crippen LogP contribution in [-0.2, 0) is 9.59 Å². The summed E-state index contributed by atoms with van der Waals surface area (Å²) in [5.41, 5.74) is 0.495. The third-order valence-electron chi connectivity index (χ3n) is 7.25. The summed E-state index contributed by atoms with van der Waals surface area (Å²) in [4.78, 5) is 66.7. The van der Waals surface area contributed by atoms with Gasteiger partial charge < -0.3 is 4.74 Å². The number of carbonyl (C=O) groups is 5. The molecule has 214 valence electrons. The number of benzene rings is 3. The number of esters is 1. The topological polar surface area (TPSA) is 101 Å². The Morgan fingerprint density at radius 2 is 1.62 bits per heavy atom. The zero-order valence-electron chi connectivity index (χ0n) is 22.1. The Bertz CT molecular complexity index is 1620. The van der Waals surface area contributed by atoms with E-state index >= 15 is 0 Å². The van der Waals surface area contributed by atoms with E-state index in [-0.39, 0.29) is 27.8 Å². The number of Topliss-reactive ketones (excluding diaryl/α,β-unsaturated/α-hetero) is 1. The predicted octanol–water partition coefficient (Wildman–Crippen LogP) is 6.41. The first-order chi connectivity index (χ1) is 20.0. The highest BCUT2D eigenvalue weighted by atomic mass is 79.9. The van der Waals surface area contributed by atoms with Gasteiger partial charge in [-0.2, -0.15) is 5.01 Å². The van der Waals surface area contributed by atoms with Gasteiger partial charge in [0, 0.05) is 15.1 Å². The fourth-order valence-electron chi connectivity index (χ4n) is 5.09. The SMILES string of the molecule is C[C@@H]1C=CC[C@H]2C(=O)N(N(CC(=O)c3ccc(OC(=O)c4ccc(Br)cc4)cc3)C(=O)c3ccc(Cl)cc3Cl)C(=O)[C@@H]12. The minimum atomic E-state index is -0.800. The third kappa shape index (κ3) is 5.90. The molecule has 3 atom stereocenters. The van der Waals surface area contributed by atoms with E-state index in [0.29, 0.717) is 17.0 Å². The Balaban J connectivity index is 1.40. The monoisotopic (exact) mass is 668 g/mol. The van der Waals surface area contributed by atoms with Crippen LogP contribution in [0, 0.1) is 17.8 Å². The molecule has 3 aromatic carbocycles. The van der Waals surface area contributed by atoms with E-state index in [1.54, 1.807) is 24.3 Å². The van der Waals surface area contributed by atoms with Crippen molar-refractivity contribution < 1.29 is 28.7 Å². The molecule has 5 rings (SSSR count). The normalized spacial score (nSPS) is 19.4. The quantitative estimate of drug-likeness (QED) is 0.0947. The van der Waals surface area contributed by atoms with Crippen LogP contribution in [-0.4, -0.2) is 46.0 Å². The summed E-state index contributed by atoms with van der Waals surface area (Å²) in [7, 11) is 0. The van der Waals surface area contributed by atoms with Crippen LogP contribution < -0.4 is 4.74 Å². The Morgan fingerprint density at radius 1 is 0.952 bits per heavy atom. The fraction of sp³-hybridized carbons (Fsp3) is 0.194. The van der Waals surface area contributed by atoms with Crippen molar-refractivity contribution in [3.8, 4) is 5.75 Å². The van der Waals surface area contributed by atoms with Gasteiger partial charge in [-0.1, -0.05) is 58.2 Å². The maximum Gasteiger partial charge on any atom is 0.343 e. The van der Waals surface area contributed by atoms with Crippen molar-refractivity contribution in [3.05, 3.63) is 110 Å². The molecule has 3 amide bonds. The molecule has 3 aromatic rings. The number of halogens is 3. The van der Waals surface area contributed by atoms with Gasteiger partial charge in [0.2, 0.25) is 0 Å². The molecular formula is C31H23BrCl2N2O6. The van der Waals surface area contributed by atoms with Gasteiger partial charge in [-0.15, -0.1) is 0 Å². The second kappa shape index (κ2) is 12.2. The van der Waals surface area contributed by atoms with E-state index in [1.807, 2.05) is 19.1 Å². The molecule has 0 N–H and O–H groups in total. The largest absolute Gasteiger partial charge is 0.423 e. The molecule has 1 aliphatic heterocycles. The standard InChI is InChI=1S/C31H23BrCl2N2O6/c1-17-3-2-4-24-27(17)30(40)36(29(24)39)35(28(38)23-14-11-21(33)15-25(23)34)16-26(37)18-7-12-22(13-8-18)42-31(41)19-5-9-20(32)10-6-19/h2-3,5-15,17,24,27H,4,16H2,1H3/t17-,24-,27+/m1/s1. The van der Waals surface area contributed by atoms with Crippen LogP contribution >= 0.6 is 39.1 Å². The number of imide groups is 1. The van der Waals surface area contributed by atoms with E-state index in [9.17, 15) is 24.0 Å². The number of hydrogen-bond donors (Lipinski definition) is 0. The van der Waals surface area contributed by atoms with Gasteiger partial charge in [0.25, 0.3) is 17.7 Å². The van der Waals surface area contributed by atoms with Gasteiger partial charge >= 0.3 is 5.97 Å². The number of carbonyl (C=O) groups excluding carboxylic acids is 5. The van der Waals surface area contributed by atoms with Crippen LogP contribution in [0.2, 0.25) is 10.0 Å². The molecular weight excluding hydrogens is 647 g/mol. The average molecular weight is 670 g/mol. The number of amides is 3. The molecule has 0 unspecified atom stereocenters. The lowest BCUT2D eigenvalue weighted by atomic mass is 9.78. The summed E-state index contributed by atoms with van der Waals surface area (Å²) in [6, 6.07) is 16.6. The molecule has 0 aromatic heterocycles. The summed E-state index contributed by atoms with van der Waals surface area (Å²) in [5.74, 6) is -4.33. The molecule has 42 heavy (non-hydrogen) atoms. The van der Waals surface area contributed by atoms with Crippen molar-refractivity contribution in [3.63, 3.8) is 0 Å². The van der Waals surface area contributed by atoms with Gasteiger partial charge in [0.1, 0.15) is 12.3 Å². The number of fused-ring (bicyclic) bond motifs is 1. The fourth-order valence-corrected chi connectivity index (χ4v) is 5.85. The zero-order chi connectivity index (χ0) is 30.1. The average Bonchev–Trinajstić information content (AvgIpc) is 3.22. The summed E-state index contributed by atoms with van der Waals surface area (Å²) in [5, 5.41) is 1.94. The van der Waals surface area contributed by atoms with Crippen LogP contribution in [0.3, 0.4) is 0 Å². The summed E-state index contributed by atoms with van der Waals surface area (Å²) in [6.07, 6.45) is 4.07. The number of hydrazine groups is 1. The Hall–Kier alpha value is -3.79. The first-order valence-electron chi connectivity index (χ1n) is 13.0. The molecule has 1 fully saturated rings. The Kier molecular flexibility index (Phi) is 8.63. The molecule has 0 spiro atoms. The van der Waals surface area contributed by atoms with Crippen LogP contribution in [0.1, 0.15) is 44.4 Å². The first-order valence-corrected chi connectivity index (χ1v) is 14.5. The summed E-state index contributed by atoms with van der Waals surface area (Å²) in [6.45, 7) is 1.22. The highest BCUT2D eigenvalue weighted by Crippen LogP contribution is 2.39. The van der Waals surface area contributed by atoms with Crippen LogP contribution in [0.4, 0.5) is 0 Å². The van der Waals surface area contributed by atoms with Crippen molar-refractivity contribution in [1.29, 1.82) is 0 Å². The second-order valence-corrected chi connectivity index (χ2v) is 11.7. The summed E-state index contributed by atoms with van der Waals surface area (Å²) >= 11 is 15.6. The third-order valence-corrected chi connectivity index (χ3v) is 8.32. The van der Waals surface area contributed by atoms with Crippen LogP contribution in [0.15, 0.2) is 83.4 Å². The second-order valence-electron chi connectivity index (χ2n) is 9.97. The molecule has 1 aliphatic carbocycles. The lowest BCUT2D eigenvalue weighted by Crippen LogP contribution is -2.52. The van der Waals surface area contributed by atoms with E-state index in [1.165, 1.54) is 42.5 Å². The number of nitrogens with zero attached hydrogens (tertiary/aromatic N) is 2. The van der Waals surface area contributed by atoms with E-state index in [2.05, 4.69) is 15.9 Å². The van der Waals surface area contributed by atoms with Crippen molar-refractivity contribution in [2.75, 3.05) is 6.54 Å². The van der Waals surface area contributed by atoms with E-state index in [0.717, 1.165) is 14.5 Å².